The highest BCUT2D eigenvalue weighted by atomic mass is 32.2. The van der Waals surface area contributed by atoms with Crippen LogP contribution in [0.25, 0.3) is 4.91 Å². The van der Waals surface area contributed by atoms with Crippen LogP contribution in [-0.4, -0.2) is 37.2 Å². The minimum Gasteiger partial charge on any atom is -0.339 e. The third kappa shape index (κ3) is 1.74. The average Bonchev–Trinajstić information content (AvgIpc) is 3.23. The van der Waals surface area contributed by atoms with E-state index in [0.717, 1.165) is 23.1 Å². The second-order valence-electron chi connectivity index (χ2n) is 6.00. The van der Waals surface area contributed by atoms with Gasteiger partial charge in [0, 0.05) is 22.5 Å². The first-order valence-electron chi connectivity index (χ1n) is 7.50. The van der Waals surface area contributed by atoms with Gasteiger partial charge in [0.05, 0.1) is 30.8 Å². The van der Waals surface area contributed by atoms with Crippen molar-refractivity contribution in [2.24, 2.45) is 0 Å². The molecule has 0 aromatic carbocycles. The summed E-state index contributed by atoms with van der Waals surface area (Å²) in [4.78, 5) is 1.38. The molecule has 0 amide bonds. The lowest BCUT2D eigenvalue weighted by atomic mass is 9.84. The molecule has 23 heavy (non-hydrogen) atoms. The summed E-state index contributed by atoms with van der Waals surface area (Å²) < 4.78 is 52.3. The highest BCUT2D eigenvalue weighted by Crippen LogP contribution is 2.64. The van der Waals surface area contributed by atoms with Gasteiger partial charge in [0.2, 0.25) is 0 Å². The molecule has 4 heterocycles. The maximum atomic E-state index is 14.2. The lowest BCUT2D eigenvalue weighted by Crippen LogP contribution is -2.57. The van der Waals surface area contributed by atoms with Crippen molar-refractivity contribution in [3.63, 3.8) is 0 Å². The van der Waals surface area contributed by atoms with Gasteiger partial charge >= 0.3 is 0 Å². The Morgan fingerprint density at radius 1 is 1.22 bits per heavy atom. The minimum atomic E-state index is -1.36. The van der Waals surface area contributed by atoms with E-state index in [9.17, 15) is 8.78 Å². The Kier molecular flexibility index (Phi) is 3.07. The molecule has 3 unspecified atom stereocenters. The number of hydrogen-bond donors (Lipinski definition) is 0. The number of ether oxygens (including phenoxy) is 4. The van der Waals surface area contributed by atoms with Crippen LogP contribution in [0.4, 0.5) is 8.78 Å². The van der Waals surface area contributed by atoms with Gasteiger partial charge in [-0.1, -0.05) is 11.8 Å². The zero-order chi connectivity index (χ0) is 15.8. The topological polar surface area (TPSA) is 36.9 Å². The van der Waals surface area contributed by atoms with Crippen molar-refractivity contribution in [1.82, 2.24) is 0 Å². The number of hydrogen-bond acceptors (Lipinski definition) is 6. The van der Waals surface area contributed by atoms with E-state index in [4.69, 9.17) is 18.9 Å². The van der Waals surface area contributed by atoms with Crippen LogP contribution in [-0.2, 0) is 24.7 Å². The summed E-state index contributed by atoms with van der Waals surface area (Å²) in [6.07, 6.45) is -0.0187. The van der Waals surface area contributed by atoms with E-state index in [1.54, 1.807) is 0 Å². The first-order chi connectivity index (χ1) is 11.1. The summed E-state index contributed by atoms with van der Waals surface area (Å²) >= 11 is 2.08. The maximum Gasteiger partial charge on any atom is 0.257 e. The Balaban J connectivity index is 1.80. The van der Waals surface area contributed by atoms with E-state index in [0.29, 0.717) is 40.7 Å². The van der Waals surface area contributed by atoms with Crippen LogP contribution in [0.3, 0.4) is 0 Å². The van der Waals surface area contributed by atoms with Crippen LogP contribution in [0.5, 0.6) is 0 Å². The van der Waals surface area contributed by atoms with Gasteiger partial charge in [-0.05, 0) is 13.0 Å². The molecule has 2 fully saturated rings. The minimum absolute atomic E-state index is 0.168. The predicted molar refractivity (Wildman–Crippen MR) is 81.1 cm³/mol. The Hall–Kier alpha value is -0.510. The number of thioether (sulfide) groups is 1. The molecule has 4 nitrogen and oxygen atoms in total. The molecule has 1 aromatic rings. The molecule has 0 radical (unpaired) electrons. The summed E-state index contributed by atoms with van der Waals surface area (Å²) in [6.45, 7) is 2.96. The molecule has 124 valence electrons. The molecule has 8 heteroatoms. The van der Waals surface area contributed by atoms with Crippen molar-refractivity contribution in [3.8, 4) is 0 Å². The molecule has 5 rings (SSSR count). The van der Waals surface area contributed by atoms with Gasteiger partial charge in [0.25, 0.3) is 11.6 Å². The lowest BCUT2D eigenvalue weighted by Gasteiger charge is -2.45. The zero-order valence-corrected chi connectivity index (χ0v) is 13.9. The van der Waals surface area contributed by atoms with Gasteiger partial charge in [-0.2, -0.15) is 4.39 Å². The molecular formula is C15H14F2O4S2. The van der Waals surface area contributed by atoms with E-state index in [2.05, 4.69) is 0 Å². The Bertz CT molecular complexity index is 712. The maximum absolute atomic E-state index is 14.2. The van der Waals surface area contributed by atoms with Gasteiger partial charge in [0.1, 0.15) is 0 Å². The number of rotatable bonds is 0. The third-order valence-corrected chi connectivity index (χ3v) is 6.74. The fourth-order valence-corrected chi connectivity index (χ4v) is 6.04. The molecule has 4 aliphatic rings. The molecule has 3 atom stereocenters. The van der Waals surface area contributed by atoms with Crippen LogP contribution in [0.15, 0.2) is 11.6 Å². The van der Waals surface area contributed by atoms with Crippen LogP contribution in [0.1, 0.15) is 23.8 Å². The van der Waals surface area contributed by atoms with E-state index < -0.39 is 17.1 Å². The van der Waals surface area contributed by atoms with Gasteiger partial charge in [-0.25, -0.2) is 4.39 Å². The average molecular weight is 360 g/mol. The fraction of sp³-hybridized carbons (Fsp3) is 0.600. The fourth-order valence-electron chi connectivity index (χ4n) is 3.79. The van der Waals surface area contributed by atoms with Crippen molar-refractivity contribution in [3.05, 3.63) is 27.2 Å². The molecule has 3 aliphatic heterocycles. The molecule has 1 aliphatic carbocycles. The predicted octanol–water partition coefficient (Wildman–Crippen LogP) is 3.38. The van der Waals surface area contributed by atoms with Gasteiger partial charge in [-0.15, -0.1) is 11.3 Å². The second-order valence-corrected chi connectivity index (χ2v) is 8.16. The first-order valence-corrected chi connectivity index (χ1v) is 9.19. The number of fused-ring (bicyclic) bond motifs is 5. The quantitative estimate of drug-likeness (QED) is 0.709. The standard InChI is InChI=1S/C15H14F2O4S2/c1-7-6-20-15(21-7)9-5-11(17)23-13(9)12-8(4-10(16)22-12)14(15)18-2-3-19-14/h5,7,10H,2-4,6H2,1H3. The van der Waals surface area contributed by atoms with Crippen LogP contribution in [0, 0.1) is 5.13 Å². The van der Waals surface area contributed by atoms with E-state index >= 15 is 0 Å². The van der Waals surface area contributed by atoms with Crippen LogP contribution in [0.2, 0.25) is 0 Å². The number of thiophene rings is 1. The zero-order valence-electron chi connectivity index (χ0n) is 12.3. The third-order valence-electron chi connectivity index (χ3n) is 4.56. The molecule has 2 saturated heterocycles. The summed E-state index contributed by atoms with van der Waals surface area (Å²) in [5.41, 5.74) is 0.124. The van der Waals surface area contributed by atoms with Crippen molar-refractivity contribution in [1.29, 1.82) is 0 Å². The molecule has 2 spiro atoms. The van der Waals surface area contributed by atoms with Crippen molar-refractivity contribution >= 4 is 28.0 Å². The highest BCUT2D eigenvalue weighted by molar-refractivity contribution is 8.09. The van der Waals surface area contributed by atoms with Crippen molar-refractivity contribution < 1.29 is 27.7 Å². The van der Waals surface area contributed by atoms with Gasteiger partial charge < -0.3 is 18.9 Å². The highest BCUT2D eigenvalue weighted by Gasteiger charge is 2.69. The van der Waals surface area contributed by atoms with Crippen LogP contribution < -0.4 is 0 Å². The Morgan fingerprint density at radius 3 is 2.70 bits per heavy atom. The molecule has 0 N–H and O–H groups in total. The summed E-state index contributed by atoms with van der Waals surface area (Å²) in [5, 5.41) is -0.356. The Morgan fingerprint density at radius 2 is 2.00 bits per heavy atom. The van der Waals surface area contributed by atoms with Gasteiger partial charge in [0.15, 0.2) is 10.6 Å². The van der Waals surface area contributed by atoms with Crippen molar-refractivity contribution in [2.45, 2.75) is 36.5 Å². The first kappa shape index (κ1) is 14.8. The SMILES string of the molecule is CC1COC2(O1)c1cc(F)sc1C1=C(CC(F)S1)C21OCCO1. The monoisotopic (exact) mass is 360 g/mol. The largest absolute Gasteiger partial charge is 0.339 e. The summed E-state index contributed by atoms with van der Waals surface area (Å²) in [6, 6.07) is 1.40. The van der Waals surface area contributed by atoms with E-state index in [1.165, 1.54) is 6.07 Å². The summed E-state index contributed by atoms with van der Waals surface area (Å²) in [7, 11) is 0. The molecule has 0 saturated carbocycles. The normalized spacial score (nSPS) is 37.9. The van der Waals surface area contributed by atoms with E-state index in [1.807, 2.05) is 6.92 Å². The number of alkyl halides is 1. The number of halogens is 2. The second kappa shape index (κ2) is 4.77. The van der Waals surface area contributed by atoms with Crippen molar-refractivity contribution in [2.75, 3.05) is 19.8 Å². The van der Waals surface area contributed by atoms with Crippen LogP contribution >= 0.6 is 23.1 Å². The van der Waals surface area contributed by atoms with E-state index in [-0.39, 0.29) is 17.7 Å². The molecule has 1 aromatic heterocycles. The Labute approximate surface area is 139 Å². The summed E-state index contributed by atoms with van der Waals surface area (Å²) in [5.74, 6) is -2.68. The molecule has 0 bridgehead atoms. The molecular weight excluding hydrogens is 346 g/mol. The lowest BCUT2D eigenvalue weighted by molar-refractivity contribution is -0.343. The van der Waals surface area contributed by atoms with Gasteiger partial charge in [-0.3, -0.25) is 0 Å². The smallest absolute Gasteiger partial charge is 0.257 e.